The Bertz CT molecular complexity index is 800. The minimum absolute atomic E-state index is 0.0227. The number of hydrogen-bond donors (Lipinski definition) is 2. The molecule has 0 aromatic heterocycles. The number of ether oxygens (including phenoxy) is 2. The third-order valence-corrected chi connectivity index (χ3v) is 4.70. The SMILES string of the molecule is C[C@]1(O)CN(CC(=O)Nc2ccc(OC(F)F)cc2)CC[C@@H]1Oc1ccccc1. The molecule has 6 nitrogen and oxygen atoms in total. The van der Waals surface area contributed by atoms with E-state index in [1.54, 1.807) is 6.92 Å². The van der Waals surface area contributed by atoms with Crippen LogP contribution in [0, 0.1) is 0 Å². The molecule has 2 aromatic rings. The monoisotopic (exact) mass is 406 g/mol. The summed E-state index contributed by atoms with van der Waals surface area (Å²) in [6.07, 6.45) is 0.209. The van der Waals surface area contributed by atoms with Crippen LogP contribution < -0.4 is 14.8 Å². The minimum Gasteiger partial charge on any atom is -0.487 e. The highest BCUT2D eigenvalue weighted by Gasteiger charge is 2.40. The Kier molecular flexibility index (Phi) is 6.66. The summed E-state index contributed by atoms with van der Waals surface area (Å²) in [5.74, 6) is 0.462. The summed E-state index contributed by atoms with van der Waals surface area (Å²) >= 11 is 0. The molecule has 1 aliphatic heterocycles. The molecule has 0 saturated carbocycles. The summed E-state index contributed by atoms with van der Waals surface area (Å²) in [6, 6.07) is 15.0. The zero-order valence-corrected chi connectivity index (χ0v) is 16.1. The van der Waals surface area contributed by atoms with E-state index in [0.717, 1.165) is 0 Å². The first kappa shape index (κ1) is 21.0. The number of aliphatic hydroxyl groups is 1. The molecule has 8 heteroatoms. The maximum Gasteiger partial charge on any atom is 0.387 e. The van der Waals surface area contributed by atoms with Crippen molar-refractivity contribution in [2.45, 2.75) is 31.7 Å². The Morgan fingerprint density at radius 2 is 1.90 bits per heavy atom. The van der Waals surface area contributed by atoms with E-state index < -0.39 is 12.2 Å². The van der Waals surface area contributed by atoms with Crippen LogP contribution in [0.15, 0.2) is 54.6 Å². The Morgan fingerprint density at radius 3 is 2.52 bits per heavy atom. The molecule has 0 unspecified atom stereocenters. The van der Waals surface area contributed by atoms with Crippen LogP contribution in [-0.4, -0.2) is 53.9 Å². The van der Waals surface area contributed by atoms with E-state index in [2.05, 4.69) is 10.1 Å². The Hall–Kier alpha value is -2.71. The third kappa shape index (κ3) is 6.13. The van der Waals surface area contributed by atoms with Crippen molar-refractivity contribution in [3.05, 3.63) is 54.6 Å². The van der Waals surface area contributed by atoms with E-state index in [0.29, 0.717) is 30.9 Å². The number of amides is 1. The number of carbonyl (C=O) groups is 1. The van der Waals surface area contributed by atoms with Crippen LogP contribution in [0.4, 0.5) is 14.5 Å². The maximum atomic E-state index is 12.3. The number of para-hydroxylation sites is 1. The van der Waals surface area contributed by atoms with E-state index in [9.17, 15) is 18.7 Å². The molecule has 1 aliphatic rings. The number of halogens is 2. The van der Waals surface area contributed by atoms with Gasteiger partial charge in [0.05, 0.1) is 6.54 Å². The van der Waals surface area contributed by atoms with Gasteiger partial charge in [-0.3, -0.25) is 9.69 Å². The molecule has 1 amide bonds. The number of nitrogens with zero attached hydrogens (tertiary/aromatic N) is 1. The molecular weight excluding hydrogens is 382 g/mol. The van der Waals surface area contributed by atoms with Crippen molar-refractivity contribution in [1.82, 2.24) is 4.90 Å². The Labute approximate surface area is 168 Å². The van der Waals surface area contributed by atoms with Crippen LogP contribution in [0.2, 0.25) is 0 Å². The number of anilines is 1. The van der Waals surface area contributed by atoms with Gasteiger partial charge in [0.1, 0.15) is 23.2 Å². The van der Waals surface area contributed by atoms with Crippen molar-refractivity contribution in [2.24, 2.45) is 0 Å². The molecule has 1 fully saturated rings. The van der Waals surface area contributed by atoms with Crippen LogP contribution in [-0.2, 0) is 4.79 Å². The molecule has 2 N–H and O–H groups in total. The molecule has 1 heterocycles. The lowest BCUT2D eigenvalue weighted by Crippen LogP contribution is -2.58. The topological polar surface area (TPSA) is 71.0 Å². The summed E-state index contributed by atoms with van der Waals surface area (Å²) in [7, 11) is 0. The van der Waals surface area contributed by atoms with Gasteiger partial charge in [-0.05, 0) is 49.7 Å². The lowest BCUT2D eigenvalue weighted by Gasteiger charge is -2.42. The van der Waals surface area contributed by atoms with Gasteiger partial charge in [0.15, 0.2) is 0 Å². The van der Waals surface area contributed by atoms with Crippen molar-refractivity contribution in [3.8, 4) is 11.5 Å². The van der Waals surface area contributed by atoms with E-state index in [1.165, 1.54) is 24.3 Å². The number of rotatable bonds is 7. The predicted molar refractivity (Wildman–Crippen MR) is 104 cm³/mol. The lowest BCUT2D eigenvalue weighted by molar-refractivity contribution is -0.123. The molecule has 2 aromatic carbocycles. The number of piperidine rings is 1. The summed E-state index contributed by atoms with van der Waals surface area (Å²) < 4.78 is 34.5. The molecule has 0 bridgehead atoms. The van der Waals surface area contributed by atoms with Crippen LogP contribution in [0.1, 0.15) is 13.3 Å². The molecule has 29 heavy (non-hydrogen) atoms. The zero-order chi connectivity index (χ0) is 20.9. The number of likely N-dealkylation sites (tertiary alicyclic amines) is 1. The largest absolute Gasteiger partial charge is 0.487 e. The van der Waals surface area contributed by atoms with Gasteiger partial charge in [-0.1, -0.05) is 18.2 Å². The molecule has 0 aliphatic carbocycles. The van der Waals surface area contributed by atoms with E-state index in [4.69, 9.17) is 4.74 Å². The fourth-order valence-corrected chi connectivity index (χ4v) is 3.35. The normalized spacial score (nSPS) is 22.3. The van der Waals surface area contributed by atoms with Crippen molar-refractivity contribution >= 4 is 11.6 Å². The summed E-state index contributed by atoms with van der Waals surface area (Å²) in [5.41, 5.74) is -0.631. The van der Waals surface area contributed by atoms with Gasteiger partial charge in [-0.15, -0.1) is 0 Å². The van der Waals surface area contributed by atoms with E-state index >= 15 is 0 Å². The highest BCUT2D eigenvalue weighted by molar-refractivity contribution is 5.92. The fraction of sp³-hybridized carbons (Fsp3) is 0.381. The fourth-order valence-electron chi connectivity index (χ4n) is 3.35. The van der Waals surface area contributed by atoms with Gasteiger partial charge >= 0.3 is 6.61 Å². The first-order valence-corrected chi connectivity index (χ1v) is 9.33. The smallest absolute Gasteiger partial charge is 0.387 e. The highest BCUT2D eigenvalue weighted by Crippen LogP contribution is 2.26. The first-order valence-electron chi connectivity index (χ1n) is 9.33. The van der Waals surface area contributed by atoms with E-state index in [-0.39, 0.29) is 24.3 Å². The number of nitrogens with one attached hydrogen (secondary N) is 1. The second kappa shape index (κ2) is 9.19. The molecule has 3 rings (SSSR count). The standard InChI is InChI=1S/C21H24F2N2O4/c1-21(27)14-25(12-11-18(21)28-16-5-3-2-4-6-16)13-19(26)24-15-7-9-17(10-8-15)29-20(22)23/h2-10,18,20,27H,11-14H2,1H3,(H,24,26)/t18-,21-/m0/s1. The lowest BCUT2D eigenvalue weighted by atomic mass is 9.91. The molecule has 2 atom stereocenters. The average Bonchev–Trinajstić information content (AvgIpc) is 2.65. The summed E-state index contributed by atoms with van der Waals surface area (Å²) in [4.78, 5) is 14.2. The number of hydrogen-bond acceptors (Lipinski definition) is 5. The Morgan fingerprint density at radius 1 is 1.21 bits per heavy atom. The second-order valence-corrected chi connectivity index (χ2v) is 7.23. The molecule has 1 saturated heterocycles. The number of β-amino-alcohol motifs (C(OH)–C–C–N with tert-alkyl or cyclic N) is 1. The second-order valence-electron chi connectivity index (χ2n) is 7.23. The zero-order valence-electron chi connectivity index (χ0n) is 16.1. The van der Waals surface area contributed by atoms with Gasteiger partial charge < -0.3 is 19.9 Å². The Balaban J connectivity index is 1.50. The van der Waals surface area contributed by atoms with Crippen molar-refractivity contribution in [2.75, 3.05) is 25.0 Å². The summed E-state index contributed by atoms with van der Waals surface area (Å²) in [6.45, 7) is -0.200. The van der Waals surface area contributed by atoms with Crippen molar-refractivity contribution in [1.29, 1.82) is 0 Å². The van der Waals surface area contributed by atoms with Crippen molar-refractivity contribution < 1.29 is 28.2 Å². The van der Waals surface area contributed by atoms with Crippen LogP contribution >= 0.6 is 0 Å². The molecule has 0 spiro atoms. The van der Waals surface area contributed by atoms with Gasteiger partial charge in [-0.25, -0.2) is 0 Å². The molecule has 0 radical (unpaired) electrons. The highest BCUT2D eigenvalue weighted by atomic mass is 19.3. The number of benzene rings is 2. The summed E-state index contributed by atoms with van der Waals surface area (Å²) in [5, 5.41) is 13.5. The van der Waals surface area contributed by atoms with E-state index in [1.807, 2.05) is 35.2 Å². The minimum atomic E-state index is -2.89. The number of alkyl halides is 2. The third-order valence-electron chi connectivity index (χ3n) is 4.70. The first-order chi connectivity index (χ1) is 13.8. The molecular formula is C21H24F2N2O4. The van der Waals surface area contributed by atoms with Crippen LogP contribution in [0.25, 0.3) is 0 Å². The predicted octanol–water partition coefficient (Wildman–Crippen LogP) is 3.13. The number of carbonyl (C=O) groups excluding carboxylic acids is 1. The van der Waals surface area contributed by atoms with Gasteiger partial charge in [0, 0.05) is 18.8 Å². The average molecular weight is 406 g/mol. The van der Waals surface area contributed by atoms with Crippen LogP contribution in [0.3, 0.4) is 0 Å². The quantitative estimate of drug-likeness (QED) is 0.739. The van der Waals surface area contributed by atoms with Gasteiger partial charge in [0.2, 0.25) is 5.91 Å². The van der Waals surface area contributed by atoms with Gasteiger partial charge in [0.25, 0.3) is 0 Å². The van der Waals surface area contributed by atoms with Crippen LogP contribution in [0.5, 0.6) is 11.5 Å². The maximum absolute atomic E-state index is 12.3. The van der Waals surface area contributed by atoms with Crippen molar-refractivity contribution in [3.63, 3.8) is 0 Å². The molecule has 156 valence electrons. The van der Waals surface area contributed by atoms with Gasteiger partial charge in [-0.2, -0.15) is 8.78 Å².